The van der Waals surface area contributed by atoms with Crippen LogP contribution in [0.2, 0.25) is 0 Å². The van der Waals surface area contributed by atoms with Gasteiger partial charge in [0.25, 0.3) is 0 Å². The van der Waals surface area contributed by atoms with Gasteiger partial charge >= 0.3 is 0 Å². The highest BCUT2D eigenvalue weighted by atomic mass is 32.2. The third-order valence-electron chi connectivity index (χ3n) is 3.47. The number of benzene rings is 1. The fraction of sp³-hybridized carbons (Fsp3) is 0.647. The summed E-state index contributed by atoms with van der Waals surface area (Å²) in [4.78, 5) is 0. The van der Waals surface area contributed by atoms with Crippen molar-refractivity contribution >= 4 is 11.0 Å². The summed E-state index contributed by atoms with van der Waals surface area (Å²) in [5.74, 6) is 0. The molecule has 0 fully saturated rings. The molecule has 3 atom stereocenters. The van der Waals surface area contributed by atoms with Gasteiger partial charge in [0.2, 0.25) is 0 Å². The fourth-order valence-electron chi connectivity index (χ4n) is 1.82. The largest absolute Gasteiger partial charge is 0.393 e. The van der Waals surface area contributed by atoms with Gasteiger partial charge in [-0.15, -0.1) is 0 Å². The van der Waals surface area contributed by atoms with E-state index in [0.29, 0.717) is 6.42 Å². The zero-order chi connectivity index (χ0) is 16.3. The van der Waals surface area contributed by atoms with Crippen LogP contribution in [0.15, 0.2) is 30.3 Å². The maximum atomic E-state index is 12.4. The Morgan fingerprint density at radius 1 is 1.10 bits per heavy atom. The number of nitrogens with one attached hydrogen (secondary N) is 1. The zero-order valence-corrected chi connectivity index (χ0v) is 14.8. The van der Waals surface area contributed by atoms with E-state index < -0.39 is 17.1 Å². The van der Waals surface area contributed by atoms with Gasteiger partial charge in [-0.3, -0.25) is 0 Å². The van der Waals surface area contributed by atoms with Crippen molar-refractivity contribution in [3.8, 4) is 0 Å². The molecule has 1 aromatic rings. The molecule has 21 heavy (non-hydrogen) atoms. The molecule has 4 heteroatoms. The third-order valence-corrected chi connectivity index (χ3v) is 5.08. The molecule has 1 aromatic carbocycles. The Hall–Kier alpha value is -0.710. The van der Waals surface area contributed by atoms with Gasteiger partial charge in [0.15, 0.2) is 0 Å². The predicted octanol–water partition coefficient (Wildman–Crippen LogP) is 3.58. The maximum absolute atomic E-state index is 12.4. The van der Waals surface area contributed by atoms with Gasteiger partial charge in [-0.05, 0) is 38.2 Å². The summed E-state index contributed by atoms with van der Waals surface area (Å²) in [6.45, 7) is 11.9. The average molecular weight is 311 g/mol. The molecule has 0 unspecified atom stereocenters. The quantitative estimate of drug-likeness (QED) is 0.873. The number of hydrogen-bond donors (Lipinski definition) is 2. The summed E-state index contributed by atoms with van der Waals surface area (Å²) in [7, 11) is -1.17. The first-order valence-electron chi connectivity index (χ1n) is 7.43. The minimum atomic E-state index is -1.17. The Morgan fingerprint density at radius 3 is 2.05 bits per heavy atom. The highest BCUT2D eigenvalue weighted by Gasteiger charge is 2.29. The van der Waals surface area contributed by atoms with E-state index in [2.05, 4.69) is 4.72 Å². The van der Waals surface area contributed by atoms with Crippen molar-refractivity contribution in [3.05, 3.63) is 35.9 Å². The Bertz CT molecular complexity index is 460. The van der Waals surface area contributed by atoms with Crippen LogP contribution in [0.3, 0.4) is 0 Å². The summed E-state index contributed by atoms with van der Waals surface area (Å²) in [6, 6.07) is 9.78. The normalized spacial score (nSPS) is 17.3. The molecule has 0 amide bonds. The molecule has 0 saturated carbocycles. The van der Waals surface area contributed by atoms with Crippen molar-refractivity contribution in [2.45, 2.75) is 64.9 Å². The van der Waals surface area contributed by atoms with Gasteiger partial charge < -0.3 is 5.11 Å². The standard InChI is InChI=1S/C17H29NO2S/c1-16(2,3)15(19)12-14(13-10-8-7-9-11-13)18-21(20)17(4,5)6/h7-11,14-15,18-19H,12H2,1-6H3/t14-,15-,21+/m0/s1. The van der Waals surface area contributed by atoms with Crippen LogP contribution < -0.4 is 4.72 Å². The van der Waals surface area contributed by atoms with Crippen LogP contribution in [0.1, 0.15) is 59.6 Å². The molecule has 0 spiro atoms. The first-order chi connectivity index (χ1) is 9.51. The Labute approximate surface area is 131 Å². The molecule has 0 aromatic heterocycles. The van der Waals surface area contributed by atoms with E-state index >= 15 is 0 Å². The third kappa shape index (κ3) is 5.89. The Morgan fingerprint density at radius 2 is 1.62 bits per heavy atom. The van der Waals surface area contributed by atoms with E-state index in [1.807, 2.05) is 71.9 Å². The number of aliphatic hydroxyl groups is 1. The minimum Gasteiger partial charge on any atom is -0.393 e. The molecular weight excluding hydrogens is 282 g/mol. The average Bonchev–Trinajstić information content (AvgIpc) is 2.36. The van der Waals surface area contributed by atoms with E-state index in [4.69, 9.17) is 0 Å². The van der Waals surface area contributed by atoms with E-state index in [1.165, 1.54) is 0 Å². The van der Waals surface area contributed by atoms with E-state index in [0.717, 1.165) is 5.56 Å². The molecule has 2 N–H and O–H groups in total. The van der Waals surface area contributed by atoms with Gasteiger partial charge in [-0.1, -0.05) is 51.1 Å². The fourth-order valence-corrected chi connectivity index (χ4v) is 2.66. The maximum Gasteiger partial charge on any atom is 0.0975 e. The lowest BCUT2D eigenvalue weighted by atomic mass is 9.84. The van der Waals surface area contributed by atoms with Crippen molar-refractivity contribution in [2.75, 3.05) is 0 Å². The second-order valence-corrected chi connectivity index (χ2v) is 9.58. The van der Waals surface area contributed by atoms with Gasteiger partial charge in [0, 0.05) is 6.04 Å². The van der Waals surface area contributed by atoms with E-state index in [1.54, 1.807) is 0 Å². The SMILES string of the molecule is CC(C)(C)[C@@H](O)C[C@H](N[S@](=O)C(C)(C)C)c1ccccc1. The van der Waals surface area contributed by atoms with Crippen molar-refractivity contribution in [3.63, 3.8) is 0 Å². The van der Waals surface area contributed by atoms with Gasteiger partial charge in [-0.25, -0.2) is 8.93 Å². The monoisotopic (exact) mass is 311 g/mol. The van der Waals surface area contributed by atoms with Crippen molar-refractivity contribution < 1.29 is 9.32 Å². The molecule has 0 radical (unpaired) electrons. The van der Waals surface area contributed by atoms with Crippen molar-refractivity contribution in [1.29, 1.82) is 0 Å². The van der Waals surface area contributed by atoms with Gasteiger partial charge in [0.1, 0.15) is 0 Å². The van der Waals surface area contributed by atoms with Crippen LogP contribution in [0.25, 0.3) is 0 Å². The van der Waals surface area contributed by atoms with Crippen molar-refractivity contribution in [2.24, 2.45) is 5.41 Å². The molecule has 0 aliphatic carbocycles. The van der Waals surface area contributed by atoms with Gasteiger partial charge in [0.05, 0.1) is 21.8 Å². The molecule has 0 bridgehead atoms. The molecule has 0 aliphatic rings. The summed E-state index contributed by atoms with van der Waals surface area (Å²) < 4.78 is 15.3. The molecule has 1 rings (SSSR count). The lowest BCUT2D eigenvalue weighted by Crippen LogP contribution is -2.38. The lowest BCUT2D eigenvalue weighted by Gasteiger charge is -2.31. The minimum absolute atomic E-state index is 0.125. The topological polar surface area (TPSA) is 49.3 Å². The smallest absolute Gasteiger partial charge is 0.0975 e. The first kappa shape index (κ1) is 18.3. The van der Waals surface area contributed by atoms with Gasteiger partial charge in [-0.2, -0.15) is 0 Å². The number of aliphatic hydroxyl groups excluding tert-OH is 1. The Kier molecular flexibility index (Phi) is 6.14. The number of rotatable bonds is 5. The van der Waals surface area contributed by atoms with Crippen molar-refractivity contribution in [1.82, 2.24) is 4.72 Å². The summed E-state index contributed by atoms with van der Waals surface area (Å²) in [5, 5.41) is 10.4. The summed E-state index contributed by atoms with van der Waals surface area (Å²) in [6.07, 6.45) is 0.0715. The van der Waals surface area contributed by atoms with Crippen LogP contribution in [0, 0.1) is 5.41 Å². The molecular formula is C17H29NO2S. The molecule has 120 valence electrons. The van der Waals surface area contributed by atoms with Crippen LogP contribution in [0.4, 0.5) is 0 Å². The summed E-state index contributed by atoms with van der Waals surface area (Å²) >= 11 is 0. The number of hydrogen-bond acceptors (Lipinski definition) is 2. The van der Waals surface area contributed by atoms with Crippen LogP contribution in [-0.2, 0) is 11.0 Å². The van der Waals surface area contributed by atoms with E-state index in [-0.39, 0.29) is 16.2 Å². The first-order valence-corrected chi connectivity index (χ1v) is 8.58. The molecule has 0 aliphatic heterocycles. The van der Waals surface area contributed by atoms with Crippen LogP contribution in [0.5, 0.6) is 0 Å². The predicted molar refractivity (Wildman–Crippen MR) is 90.3 cm³/mol. The van der Waals surface area contributed by atoms with Crippen LogP contribution in [-0.4, -0.2) is 20.2 Å². The second kappa shape index (κ2) is 7.03. The van der Waals surface area contributed by atoms with E-state index in [9.17, 15) is 9.32 Å². The van der Waals surface area contributed by atoms with Crippen LogP contribution >= 0.6 is 0 Å². The molecule has 0 saturated heterocycles. The Balaban J connectivity index is 2.94. The molecule has 3 nitrogen and oxygen atoms in total. The lowest BCUT2D eigenvalue weighted by molar-refractivity contribution is 0.0484. The highest BCUT2D eigenvalue weighted by molar-refractivity contribution is 7.84. The molecule has 0 heterocycles. The zero-order valence-electron chi connectivity index (χ0n) is 14.0. The highest BCUT2D eigenvalue weighted by Crippen LogP contribution is 2.29. The second-order valence-electron chi connectivity index (χ2n) is 7.58. The summed E-state index contributed by atoms with van der Waals surface area (Å²) in [5.41, 5.74) is 0.858.